The summed E-state index contributed by atoms with van der Waals surface area (Å²) >= 11 is 0. The number of rotatable bonds is 12. The van der Waals surface area contributed by atoms with Gasteiger partial charge in [0.2, 0.25) is 0 Å². The van der Waals surface area contributed by atoms with Crippen molar-refractivity contribution in [3.8, 4) is 0 Å². The second kappa shape index (κ2) is 17.9. The van der Waals surface area contributed by atoms with Gasteiger partial charge in [-0.2, -0.15) is 0 Å². The summed E-state index contributed by atoms with van der Waals surface area (Å²) in [5.74, 6) is 0. The molecule has 1 heterocycles. The first-order chi connectivity index (χ1) is 31.6. The molecule has 6 heteroatoms. The molecule has 1 aromatic heterocycles. The smallest absolute Gasteiger partial charge is 0.115 e. The summed E-state index contributed by atoms with van der Waals surface area (Å²) in [6.07, 6.45) is 3.59. The van der Waals surface area contributed by atoms with Crippen LogP contribution in [0.5, 0.6) is 0 Å². The van der Waals surface area contributed by atoms with Gasteiger partial charge in [0, 0.05) is 69.3 Å². The van der Waals surface area contributed by atoms with E-state index in [1.807, 2.05) is 0 Å². The first kappa shape index (κ1) is 39.6. The van der Waals surface area contributed by atoms with Crippen molar-refractivity contribution in [3.63, 3.8) is 0 Å². The van der Waals surface area contributed by atoms with Crippen molar-refractivity contribution in [3.05, 3.63) is 254 Å². The van der Waals surface area contributed by atoms with Gasteiger partial charge < -0.3 is 19.6 Å². The Kier molecular flexibility index (Phi) is 11.1. The summed E-state index contributed by atoms with van der Waals surface area (Å²) in [5, 5.41) is 0. The summed E-state index contributed by atoms with van der Waals surface area (Å²) in [6, 6.07) is 80.9. The molecular formula is C58H46N6. The first-order valence-corrected chi connectivity index (χ1v) is 21.6. The Morgan fingerprint density at radius 2 is 0.500 bits per heavy atom. The van der Waals surface area contributed by atoms with Crippen molar-refractivity contribution in [2.45, 2.75) is 13.8 Å². The normalized spacial score (nSPS) is 11.0. The zero-order valence-electron chi connectivity index (χ0n) is 35.8. The molecule has 0 fully saturated rings. The highest BCUT2D eigenvalue weighted by molar-refractivity contribution is 6.04. The van der Waals surface area contributed by atoms with Crippen LogP contribution in [-0.2, 0) is 0 Å². The van der Waals surface area contributed by atoms with Gasteiger partial charge in [-0.1, -0.05) is 109 Å². The Hall–Kier alpha value is -8.48. The van der Waals surface area contributed by atoms with Gasteiger partial charge in [0.1, 0.15) is 11.0 Å². The van der Waals surface area contributed by atoms with Crippen LogP contribution in [0, 0.1) is 13.8 Å². The lowest BCUT2D eigenvalue weighted by Crippen LogP contribution is -2.16. The molecule has 0 amide bonds. The van der Waals surface area contributed by atoms with E-state index in [4.69, 9.17) is 9.97 Å². The number of aromatic nitrogens is 2. The van der Waals surface area contributed by atoms with Crippen LogP contribution in [0.25, 0.3) is 11.0 Å². The molecule has 10 rings (SSSR count). The SMILES string of the molecule is Cc1cc(N(c2ccccc2)c2ccccc2)ccc1N(c1ccccc1)c1ccc(N(c2ccccc2)c2ccc(N(c3ccccc3)c3ccccc3)cc2C)c2nccnc12. The van der Waals surface area contributed by atoms with E-state index in [0.29, 0.717) is 0 Å². The molecule has 0 aliphatic carbocycles. The summed E-state index contributed by atoms with van der Waals surface area (Å²) in [6.45, 7) is 4.37. The molecule has 0 radical (unpaired) electrons. The van der Waals surface area contributed by atoms with Crippen molar-refractivity contribution in [2.24, 2.45) is 0 Å². The fraction of sp³-hybridized carbons (Fsp3) is 0.0345. The number of aryl methyl sites for hydroxylation is 2. The molecular weight excluding hydrogens is 781 g/mol. The minimum atomic E-state index is 0.789. The van der Waals surface area contributed by atoms with Crippen LogP contribution in [0.1, 0.15) is 11.1 Å². The molecule has 0 unspecified atom stereocenters. The Bertz CT molecular complexity index is 2840. The highest BCUT2D eigenvalue weighted by Gasteiger charge is 2.25. The fourth-order valence-electron chi connectivity index (χ4n) is 8.62. The molecule has 0 saturated carbocycles. The van der Waals surface area contributed by atoms with E-state index in [-0.39, 0.29) is 0 Å². The summed E-state index contributed by atoms with van der Waals surface area (Å²) in [7, 11) is 0. The summed E-state index contributed by atoms with van der Waals surface area (Å²) in [5.41, 5.74) is 16.3. The second-order valence-electron chi connectivity index (χ2n) is 15.7. The molecule has 9 aromatic carbocycles. The van der Waals surface area contributed by atoms with E-state index >= 15 is 0 Å². The Balaban J connectivity index is 1.10. The molecule has 10 aromatic rings. The van der Waals surface area contributed by atoms with Crippen LogP contribution in [0.3, 0.4) is 0 Å². The van der Waals surface area contributed by atoms with Crippen molar-refractivity contribution >= 4 is 79.3 Å². The second-order valence-corrected chi connectivity index (χ2v) is 15.7. The number of hydrogen-bond acceptors (Lipinski definition) is 6. The zero-order chi connectivity index (χ0) is 43.2. The fourth-order valence-corrected chi connectivity index (χ4v) is 8.62. The number of para-hydroxylation sites is 6. The number of nitrogens with zero attached hydrogens (tertiary/aromatic N) is 6. The Labute approximate surface area is 375 Å². The molecule has 0 spiro atoms. The number of fused-ring (bicyclic) bond motifs is 1. The predicted molar refractivity (Wildman–Crippen MR) is 268 cm³/mol. The maximum atomic E-state index is 5.12. The van der Waals surface area contributed by atoms with Crippen LogP contribution >= 0.6 is 0 Å². The molecule has 0 bridgehead atoms. The highest BCUT2D eigenvalue weighted by Crippen LogP contribution is 2.47. The van der Waals surface area contributed by atoms with Crippen LogP contribution in [-0.4, -0.2) is 9.97 Å². The topological polar surface area (TPSA) is 38.7 Å². The molecule has 64 heavy (non-hydrogen) atoms. The van der Waals surface area contributed by atoms with E-state index in [2.05, 4.69) is 264 Å². The van der Waals surface area contributed by atoms with Gasteiger partial charge in [-0.3, -0.25) is 9.97 Å². The van der Waals surface area contributed by atoms with E-state index in [1.165, 1.54) is 0 Å². The summed E-state index contributed by atoms with van der Waals surface area (Å²) in [4.78, 5) is 19.5. The number of hydrogen-bond donors (Lipinski definition) is 0. The molecule has 0 saturated heterocycles. The minimum Gasteiger partial charge on any atom is -0.310 e. The monoisotopic (exact) mass is 826 g/mol. The van der Waals surface area contributed by atoms with Gasteiger partial charge in [0.25, 0.3) is 0 Å². The first-order valence-electron chi connectivity index (χ1n) is 21.6. The third-order valence-corrected chi connectivity index (χ3v) is 11.5. The maximum Gasteiger partial charge on any atom is 0.115 e. The van der Waals surface area contributed by atoms with Crippen molar-refractivity contribution < 1.29 is 0 Å². The van der Waals surface area contributed by atoms with E-state index in [0.717, 1.165) is 90.4 Å². The average molecular weight is 827 g/mol. The van der Waals surface area contributed by atoms with Crippen LogP contribution in [0.15, 0.2) is 243 Å². The lowest BCUT2D eigenvalue weighted by Gasteiger charge is -2.32. The van der Waals surface area contributed by atoms with Gasteiger partial charge in [-0.15, -0.1) is 0 Å². The molecule has 308 valence electrons. The maximum absolute atomic E-state index is 5.12. The summed E-state index contributed by atoms with van der Waals surface area (Å²) < 4.78 is 0. The molecule has 6 nitrogen and oxygen atoms in total. The Morgan fingerprint density at radius 1 is 0.250 bits per heavy atom. The molecule has 0 aliphatic heterocycles. The molecule has 0 N–H and O–H groups in total. The van der Waals surface area contributed by atoms with Crippen molar-refractivity contribution in [1.29, 1.82) is 0 Å². The number of benzene rings is 9. The third-order valence-electron chi connectivity index (χ3n) is 11.5. The standard InChI is InChI=1S/C58H46N6/c1-43-41-51(61(45-21-9-3-10-22-45)46-23-11-4-12-24-46)33-35-53(43)63(49-29-17-7-18-30-49)55-37-38-56(58-57(55)59-39-40-60-58)64(50-31-19-8-20-32-50)54-36-34-52(42-44(54)2)62(47-25-13-5-14-26-47)48-27-15-6-16-28-48/h3-42H,1-2H3. The van der Waals surface area contributed by atoms with Crippen LogP contribution < -0.4 is 19.6 Å². The number of anilines is 12. The van der Waals surface area contributed by atoms with E-state index < -0.39 is 0 Å². The van der Waals surface area contributed by atoms with Gasteiger partial charge in [0.15, 0.2) is 0 Å². The van der Waals surface area contributed by atoms with Crippen LogP contribution in [0.4, 0.5) is 68.2 Å². The Morgan fingerprint density at radius 3 is 0.766 bits per heavy atom. The predicted octanol–water partition coefficient (Wildman–Crippen LogP) is 16.1. The van der Waals surface area contributed by atoms with Gasteiger partial charge >= 0.3 is 0 Å². The van der Waals surface area contributed by atoms with Crippen LogP contribution in [0.2, 0.25) is 0 Å². The third kappa shape index (κ3) is 7.81. The zero-order valence-corrected chi connectivity index (χ0v) is 35.8. The van der Waals surface area contributed by atoms with E-state index in [9.17, 15) is 0 Å². The van der Waals surface area contributed by atoms with Crippen molar-refractivity contribution in [1.82, 2.24) is 9.97 Å². The van der Waals surface area contributed by atoms with Gasteiger partial charge in [-0.25, -0.2) is 0 Å². The van der Waals surface area contributed by atoms with Crippen molar-refractivity contribution in [2.75, 3.05) is 19.6 Å². The molecule has 0 aliphatic rings. The largest absolute Gasteiger partial charge is 0.310 e. The quantitative estimate of drug-likeness (QED) is 0.122. The lowest BCUT2D eigenvalue weighted by molar-refractivity contribution is 1.20. The van der Waals surface area contributed by atoms with E-state index in [1.54, 1.807) is 12.4 Å². The lowest BCUT2D eigenvalue weighted by atomic mass is 10.1. The molecule has 0 atom stereocenters. The minimum absolute atomic E-state index is 0.789. The van der Waals surface area contributed by atoms with Gasteiger partial charge in [0.05, 0.1) is 11.4 Å². The average Bonchev–Trinajstić information content (AvgIpc) is 3.35. The highest BCUT2D eigenvalue weighted by atomic mass is 15.2. The van der Waals surface area contributed by atoms with Gasteiger partial charge in [-0.05, 0) is 146 Å².